The molecule has 6 rings (SSSR count). The van der Waals surface area contributed by atoms with Crippen LogP contribution < -0.4 is 4.74 Å². The zero-order chi connectivity index (χ0) is 25.7. The fourth-order valence-electron chi connectivity index (χ4n) is 4.50. The van der Waals surface area contributed by atoms with E-state index in [1.54, 1.807) is 16.3 Å². The number of piperidine rings is 1. The number of nitrogens with zero attached hydrogens (tertiary/aromatic N) is 4. The first-order chi connectivity index (χ1) is 17.8. The number of halogens is 1. The molecule has 37 heavy (non-hydrogen) atoms. The number of aromatic nitrogens is 3. The summed E-state index contributed by atoms with van der Waals surface area (Å²) < 4.78 is 50.5. The molecule has 1 aliphatic heterocycles. The summed E-state index contributed by atoms with van der Waals surface area (Å²) in [6, 6.07) is 5.61. The molecule has 0 bridgehead atoms. The first kappa shape index (κ1) is 24.0. The fraction of sp³-hybridized carbons (Fsp3) is 0.360. The number of thiophene rings is 1. The van der Waals surface area contributed by atoms with Gasteiger partial charge < -0.3 is 14.2 Å². The zero-order valence-corrected chi connectivity index (χ0v) is 21.5. The average Bonchev–Trinajstić information content (AvgIpc) is 3.44. The Morgan fingerprint density at radius 1 is 1.14 bits per heavy atom. The van der Waals surface area contributed by atoms with Crippen molar-refractivity contribution in [3.63, 3.8) is 0 Å². The Morgan fingerprint density at radius 3 is 2.62 bits per heavy atom. The standard InChI is InChI=1S/C25H23FN4O5S2/c1-37(32,33)16-4-5-17(19(26)10-16)18-12-36-23-22(18)27-13-28-24(23)34-15-6-8-30(9-7-15)25(31)20-11-21(35-29-20)14-2-3-14/h4-5,10-15H,2-3,6-9H2,1H3. The predicted molar refractivity (Wildman–Crippen MR) is 134 cm³/mol. The molecule has 0 radical (unpaired) electrons. The van der Waals surface area contributed by atoms with E-state index in [2.05, 4.69) is 15.1 Å². The lowest BCUT2D eigenvalue weighted by Gasteiger charge is -2.31. The lowest BCUT2D eigenvalue weighted by atomic mass is 10.1. The lowest BCUT2D eigenvalue weighted by molar-refractivity contribution is 0.0581. The molecule has 0 spiro atoms. The van der Waals surface area contributed by atoms with Gasteiger partial charge in [0.15, 0.2) is 15.5 Å². The van der Waals surface area contributed by atoms with Gasteiger partial charge in [0.2, 0.25) is 5.88 Å². The number of fused-ring (bicyclic) bond motifs is 1. The molecule has 1 aliphatic carbocycles. The van der Waals surface area contributed by atoms with Gasteiger partial charge in [-0.25, -0.2) is 22.8 Å². The van der Waals surface area contributed by atoms with Gasteiger partial charge in [0.1, 0.15) is 28.7 Å². The van der Waals surface area contributed by atoms with E-state index in [1.165, 1.54) is 29.8 Å². The van der Waals surface area contributed by atoms with Crippen LogP contribution in [0.5, 0.6) is 5.88 Å². The number of hydrogen-bond donors (Lipinski definition) is 0. The van der Waals surface area contributed by atoms with Gasteiger partial charge >= 0.3 is 0 Å². The van der Waals surface area contributed by atoms with Crippen LogP contribution in [0.15, 0.2) is 45.4 Å². The first-order valence-corrected chi connectivity index (χ1v) is 14.7. The Balaban J connectivity index is 1.16. The highest BCUT2D eigenvalue weighted by atomic mass is 32.2. The predicted octanol–water partition coefficient (Wildman–Crippen LogP) is 4.45. The number of ether oxygens (including phenoxy) is 1. The van der Waals surface area contributed by atoms with Crippen molar-refractivity contribution in [2.45, 2.75) is 42.6 Å². The molecule has 0 atom stereocenters. The van der Waals surface area contributed by atoms with E-state index >= 15 is 0 Å². The maximum atomic E-state index is 14.8. The normalized spacial score (nSPS) is 16.9. The first-order valence-electron chi connectivity index (χ1n) is 11.9. The maximum Gasteiger partial charge on any atom is 0.276 e. The van der Waals surface area contributed by atoms with Crippen LogP contribution in [0.3, 0.4) is 0 Å². The summed E-state index contributed by atoms with van der Waals surface area (Å²) in [7, 11) is -3.52. The Bertz CT molecular complexity index is 1600. The zero-order valence-electron chi connectivity index (χ0n) is 19.9. The van der Waals surface area contributed by atoms with Gasteiger partial charge in [-0.15, -0.1) is 11.3 Å². The van der Waals surface area contributed by atoms with E-state index in [0.717, 1.165) is 30.9 Å². The van der Waals surface area contributed by atoms with E-state index in [0.29, 0.717) is 59.2 Å². The smallest absolute Gasteiger partial charge is 0.276 e. The number of rotatable bonds is 6. The number of likely N-dealkylation sites (tertiary alicyclic amines) is 1. The van der Waals surface area contributed by atoms with Crippen LogP contribution in [0.1, 0.15) is 47.8 Å². The van der Waals surface area contributed by atoms with E-state index in [1.807, 2.05) is 0 Å². The molecule has 1 amide bonds. The fourth-order valence-corrected chi connectivity index (χ4v) is 6.08. The molecule has 1 aromatic carbocycles. The number of carbonyl (C=O) groups is 1. The number of hydrogen-bond acceptors (Lipinski definition) is 9. The molecule has 3 aromatic heterocycles. The van der Waals surface area contributed by atoms with Crippen LogP contribution in [-0.2, 0) is 9.84 Å². The van der Waals surface area contributed by atoms with Crippen molar-refractivity contribution < 1.29 is 26.9 Å². The van der Waals surface area contributed by atoms with Crippen molar-refractivity contribution in [3.8, 4) is 17.0 Å². The highest BCUT2D eigenvalue weighted by Gasteiger charge is 2.31. The topological polar surface area (TPSA) is 115 Å². The lowest BCUT2D eigenvalue weighted by Crippen LogP contribution is -2.42. The second kappa shape index (κ2) is 9.18. The average molecular weight is 543 g/mol. The number of amides is 1. The van der Waals surface area contributed by atoms with Gasteiger partial charge in [-0.1, -0.05) is 11.2 Å². The quantitative estimate of drug-likeness (QED) is 0.351. The van der Waals surface area contributed by atoms with Crippen molar-refractivity contribution in [2.75, 3.05) is 19.3 Å². The Kier molecular flexibility index (Phi) is 5.95. The van der Waals surface area contributed by atoms with Crippen LogP contribution in [0, 0.1) is 5.82 Å². The number of carbonyl (C=O) groups excluding carboxylic acids is 1. The highest BCUT2D eigenvalue weighted by molar-refractivity contribution is 7.90. The van der Waals surface area contributed by atoms with E-state index in [-0.39, 0.29) is 22.5 Å². The van der Waals surface area contributed by atoms with Gasteiger partial charge in [-0.2, -0.15) is 0 Å². The van der Waals surface area contributed by atoms with Crippen LogP contribution in [-0.4, -0.2) is 59.8 Å². The Morgan fingerprint density at radius 2 is 1.92 bits per heavy atom. The van der Waals surface area contributed by atoms with Gasteiger partial charge in [0.25, 0.3) is 5.91 Å². The number of sulfone groups is 1. The van der Waals surface area contributed by atoms with E-state index in [9.17, 15) is 17.6 Å². The van der Waals surface area contributed by atoms with Gasteiger partial charge in [0, 0.05) is 60.7 Å². The van der Waals surface area contributed by atoms with Gasteiger partial charge in [-0.05, 0) is 25.0 Å². The number of benzene rings is 1. The van der Waals surface area contributed by atoms with Crippen LogP contribution in [0.4, 0.5) is 4.39 Å². The molecule has 4 aromatic rings. The summed E-state index contributed by atoms with van der Waals surface area (Å²) in [6.45, 7) is 1.05. The molecule has 0 unspecified atom stereocenters. The molecular formula is C25H23FN4O5S2. The second-order valence-corrected chi connectivity index (χ2v) is 12.3. The molecule has 2 aliphatic rings. The van der Waals surface area contributed by atoms with Gasteiger partial charge in [0.05, 0.1) is 10.4 Å². The van der Waals surface area contributed by atoms with Crippen molar-refractivity contribution in [3.05, 3.63) is 53.2 Å². The SMILES string of the molecule is CS(=O)(=O)c1ccc(-c2csc3c(OC4CCN(C(=O)c5cc(C6CC6)on5)CC4)ncnc23)c(F)c1. The van der Waals surface area contributed by atoms with Crippen molar-refractivity contribution in [1.82, 2.24) is 20.0 Å². The summed E-state index contributed by atoms with van der Waals surface area (Å²) in [5, 5.41) is 5.72. The molecule has 2 fully saturated rings. The maximum absolute atomic E-state index is 14.8. The largest absolute Gasteiger partial charge is 0.473 e. The summed E-state index contributed by atoms with van der Waals surface area (Å²) in [5.74, 6) is 0.821. The second-order valence-electron chi connectivity index (χ2n) is 9.42. The van der Waals surface area contributed by atoms with Crippen molar-refractivity contribution in [1.29, 1.82) is 0 Å². The minimum atomic E-state index is -3.52. The molecule has 0 N–H and O–H groups in total. The van der Waals surface area contributed by atoms with Crippen LogP contribution >= 0.6 is 11.3 Å². The third-order valence-corrected chi connectivity index (χ3v) is 8.78. The van der Waals surface area contributed by atoms with Crippen molar-refractivity contribution >= 4 is 37.3 Å². The Labute approximate surface area is 216 Å². The minimum Gasteiger partial charge on any atom is -0.473 e. The monoisotopic (exact) mass is 542 g/mol. The third-order valence-electron chi connectivity index (χ3n) is 6.71. The molecule has 12 heteroatoms. The molecule has 4 heterocycles. The summed E-state index contributed by atoms with van der Waals surface area (Å²) >= 11 is 1.34. The molecular weight excluding hydrogens is 519 g/mol. The van der Waals surface area contributed by atoms with Crippen molar-refractivity contribution in [2.24, 2.45) is 0 Å². The van der Waals surface area contributed by atoms with Gasteiger partial charge in [-0.3, -0.25) is 4.79 Å². The molecule has 192 valence electrons. The summed E-state index contributed by atoms with van der Waals surface area (Å²) in [6.07, 6.45) is 5.69. The van der Waals surface area contributed by atoms with E-state index in [4.69, 9.17) is 9.26 Å². The van der Waals surface area contributed by atoms with Crippen LogP contribution in [0.2, 0.25) is 0 Å². The Hall–Kier alpha value is -3.38. The van der Waals surface area contributed by atoms with Crippen LogP contribution in [0.25, 0.3) is 21.3 Å². The molecule has 1 saturated carbocycles. The summed E-state index contributed by atoms with van der Waals surface area (Å²) in [4.78, 5) is 23.1. The van der Waals surface area contributed by atoms with E-state index < -0.39 is 15.7 Å². The molecule has 1 saturated heterocycles. The summed E-state index contributed by atoms with van der Waals surface area (Å²) in [5.41, 5.74) is 1.68. The minimum absolute atomic E-state index is 0.0799. The highest BCUT2D eigenvalue weighted by Crippen LogP contribution is 2.41. The molecule has 9 nitrogen and oxygen atoms in total. The third kappa shape index (κ3) is 4.71.